The number of aryl methyl sites for hydroxylation is 2. The number of azo groups is 1. The summed E-state index contributed by atoms with van der Waals surface area (Å²) >= 11 is 0. The highest BCUT2D eigenvalue weighted by atomic mass is 15.5. The lowest BCUT2D eigenvalue weighted by molar-refractivity contribution is 0.988. The van der Waals surface area contributed by atoms with Gasteiger partial charge in [0.15, 0.2) is 5.84 Å². The summed E-state index contributed by atoms with van der Waals surface area (Å²) in [7, 11) is 0. The van der Waals surface area contributed by atoms with Gasteiger partial charge in [0.05, 0.1) is 11.4 Å². The summed E-state index contributed by atoms with van der Waals surface area (Å²) in [5.74, 6) is 0.564. The van der Waals surface area contributed by atoms with Crippen molar-refractivity contribution in [1.29, 1.82) is 0 Å². The number of allylic oxidation sites excluding steroid dienone is 1. The fraction of sp³-hybridized carbons (Fsp3) is 0.211. The zero-order valence-corrected chi connectivity index (χ0v) is 14.1. The molecule has 2 rings (SSSR count). The van der Waals surface area contributed by atoms with E-state index in [2.05, 4.69) is 28.8 Å². The van der Waals surface area contributed by atoms with Gasteiger partial charge in [-0.15, -0.1) is 10.2 Å². The molecule has 4 nitrogen and oxygen atoms in total. The lowest BCUT2D eigenvalue weighted by atomic mass is 10.2. The third-order valence-electron chi connectivity index (χ3n) is 3.23. The molecular weight excluding hydrogens is 284 g/mol. The summed E-state index contributed by atoms with van der Waals surface area (Å²) in [5, 5.41) is 14.7. The predicted octanol–water partition coefficient (Wildman–Crippen LogP) is 5.76. The quantitative estimate of drug-likeness (QED) is 0.306. The molecule has 2 aromatic rings. The van der Waals surface area contributed by atoms with E-state index in [0.717, 1.165) is 17.1 Å². The van der Waals surface area contributed by atoms with Gasteiger partial charge in [0.1, 0.15) is 0 Å². The second-order valence-electron chi connectivity index (χ2n) is 5.57. The zero-order valence-electron chi connectivity index (χ0n) is 14.1. The molecule has 0 atom stereocenters. The Morgan fingerprint density at radius 2 is 1.39 bits per heavy atom. The van der Waals surface area contributed by atoms with E-state index in [1.165, 1.54) is 11.1 Å². The zero-order chi connectivity index (χ0) is 16.8. The van der Waals surface area contributed by atoms with Crippen LogP contribution in [0.3, 0.4) is 0 Å². The monoisotopic (exact) mass is 306 g/mol. The fourth-order valence-corrected chi connectivity index (χ4v) is 1.96. The molecule has 0 radical (unpaired) electrons. The van der Waals surface area contributed by atoms with Crippen molar-refractivity contribution in [2.45, 2.75) is 27.7 Å². The van der Waals surface area contributed by atoms with Gasteiger partial charge in [-0.3, -0.25) is 0 Å². The minimum Gasteiger partial charge on any atom is -0.237 e. The smallest absolute Gasteiger partial charge is 0.168 e. The van der Waals surface area contributed by atoms with Crippen molar-refractivity contribution in [1.82, 2.24) is 0 Å². The Kier molecular flexibility index (Phi) is 5.41. The molecular formula is C19H22N4. The minimum atomic E-state index is 0.564. The van der Waals surface area contributed by atoms with Crippen LogP contribution >= 0.6 is 0 Å². The Morgan fingerprint density at radius 1 is 0.870 bits per heavy atom. The van der Waals surface area contributed by atoms with Gasteiger partial charge in [-0.25, -0.2) is 5.01 Å². The fourth-order valence-electron chi connectivity index (χ4n) is 1.96. The van der Waals surface area contributed by atoms with Crippen molar-refractivity contribution in [3.05, 3.63) is 71.9 Å². The van der Waals surface area contributed by atoms with Crippen LogP contribution in [0.2, 0.25) is 0 Å². The average Bonchev–Trinajstić information content (AvgIpc) is 2.53. The summed E-state index contributed by atoms with van der Waals surface area (Å²) in [6.45, 7) is 11.8. The molecule has 0 aliphatic heterocycles. The van der Waals surface area contributed by atoms with Gasteiger partial charge in [-0.1, -0.05) is 42.0 Å². The lowest BCUT2D eigenvalue weighted by Crippen LogP contribution is -2.14. The highest BCUT2D eigenvalue weighted by Gasteiger charge is 2.06. The molecule has 0 aliphatic rings. The third kappa shape index (κ3) is 4.88. The number of anilines is 1. The van der Waals surface area contributed by atoms with Crippen molar-refractivity contribution >= 4 is 17.2 Å². The van der Waals surface area contributed by atoms with Crippen molar-refractivity contribution in [2.75, 3.05) is 5.01 Å². The molecule has 0 aliphatic carbocycles. The van der Waals surface area contributed by atoms with Crippen molar-refractivity contribution < 1.29 is 0 Å². The summed E-state index contributed by atoms with van der Waals surface area (Å²) in [4.78, 5) is 0. The number of nitrogens with zero attached hydrogens (tertiary/aromatic N) is 4. The van der Waals surface area contributed by atoms with Crippen LogP contribution < -0.4 is 5.01 Å². The van der Waals surface area contributed by atoms with E-state index >= 15 is 0 Å². The van der Waals surface area contributed by atoms with Crippen LogP contribution in [-0.4, -0.2) is 5.84 Å². The second kappa shape index (κ2) is 7.49. The van der Waals surface area contributed by atoms with Crippen LogP contribution in [0.25, 0.3) is 0 Å². The van der Waals surface area contributed by atoms with Gasteiger partial charge in [0, 0.05) is 5.70 Å². The topological polar surface area (TPSA) is 40.3 Å². The first-order valence-electron chi connectivity index (χ1n) is 7.51. The summed E-state index contributed by atoms with van der Waals surface area (Å²) in [5.41, 5.74) is 4.98. The molecule has 118 valence electrons. The van der Waals surface area contributed by atoms with Crippen LogP contribution in [0.15, 0.2) is 76.1 Å². The van der Waals surface area contributed by atoms with E-state index in [-0.39, 0.29) is 0 Å². The SMILES string of the molecule is C=C(C)N(/N=C(/C)N=Nc1ccc(C)cc1)c1ccc(C)cc1. The number of rotatable bonds is 4. The van der Waals surface area contributed by atoms with E-state index in [0.29, 0.717) is 5.84 Å². The normalized spacial score (nSPS) is 11.7. The highest BCUT2D eigenvalue weighted by molar-refractivity contribution is 5.81. The third-order valence-corrected chi connectivity index (χ3v) is 3.23. The average molecular weight is 306 g/mol. The van der Waals surface area contributed by atoms with Gasteiger partial charge in [-0.2, -0.15) is 5.10 Å². The maximum atomic E-state index is 4.50. The first kappa shape index (κ1) is 16.6. The predicted molar refractivity (Wildman–Crippen MR) is 97.3 cm³/mol. The van der Waals surface area contributed by atoms with Crippen molar-refractivity contribution in [3.8, 4) is 0 Å². The summed E-state index contributed by atoms with van der Waals surface area (Å²) in [6.07, 6.45) is 0. The molecule has 0 N–H and O–H groups in total. The maximum Gasteiger partial charge on any atom is 0.168 e. The summed E-state index contributed by atoms with van der Waals surface area (Å²) < 4.78 is 0. The highest BCUT2D eigenvalue weighted by Crippen LogP contribution is 2.20. The first-order valence-corrected chi connectivity index (χ1v) is 7.51. The molecule has 0 saturated carbocycles. The molecule has 4 heteroatoms. The molecule has 0 saturated heterocycles. The number of hydrogen-bond donors (Lipinski definition) is 0. The Balaban J connectivity index is 2.19. The molecule has 0 unspecified atom stereocenters. The standard InChI is InChI=1S/C19H22N4/c1-14(2)23(19-12-8-16(4)9-13-19)22-17(5)20-21-18-10-6-15(3)7-11-18/h6-13H,1H2,2-5H3/b21-20?,22-17-. The number of amidine groups is 1. The molecule has 23 heavy (non-hydrogen) atoms. The van der Waals surface area contributed by atoms with Gasteiger partial charge in [0.25, 0.3) is 0 Å². The van der Waals surface area contributed by atoms with Crippen LogP contribution in [0.1, 0.15) is 25.0 Å². The summed E-state index contributed by atoms with van der Waals surface area (Å²) in [6, 6.07) is 16.0. The Hall–Kier alpha value is -2.75. The molecule has 0 bridgehead atoms. The molecule has 0 fully saturated rings. The Morgan fingerprint density at radius 3 is 1.91 bits per heavy atom. The van der Waals surface area contributed by atoms with Gasteiger partial charge in [-0.05, 0) is 52.0 Å². The van der Waals surface area contributed by atoms with E-state index in [4.69, 9.17) is 0 Å². The maximum absolute atomic E-state index is 4.50. The van der Waals surface area contributed by atoms with Crippen LogP contribution in [0, 0.1) is 13.8 Å². The molecule has 0 aromatic heterocycles. The Labute approximate surface area is 137 Å². The largest absolute Gasteiger partial charge is 0.237 e. The van der Waals surface area contributed by atoms with Crippen LogP contribution in [0.5, 0.6) is 0 Å². The number of benzene rings is 2. The van der Waals surface area contributed by atoms with E-state index in [1.54, 1.807) is 5.01 Å². The number of hydrogen-bond acceptors (Lipinski definition) is 3. The van der Waals surface area contributed by atoms with E-state index in [1.807, 2.05) is 69.3 Å². The molecule has 0 spiro atoms. The van der Waals surface area contributed by atoms with E-state index < -0.39 is 0 Å². The van der Waals surface area contributed by atoms with Gasteiger partial charge in [0.2, 0.25) is 0 Å². The lowest BCUT2D eigenvalue weighted by Gasteiger charge is -2.19. The number of hydrazone groups is 1. The van der Waals surface area contributed by atoms with Gasteiger partial charge < -0.3 is 0 Å². The molecule has 0 amide bonds. The molecule has 2 aromatic carbocycles. The Bertz CT molecular complexity index is 725. The first-order chi connectivity index (χ1) is 11.0. The van der Waals surface area contributed by atoms with Gasteiger partial charge >= 0.3 is 0 Å². The van der Waals surface area contributed by atoms with Crippen molar-refractivity contribution in [3.63, 3.8) is 0 Å². The van der Waals surface area contributed by atoms with Crippen LogP contribution in [-0.2, 0) is 0 Å². The van der Waals surface area contributed by atoms with E-state index in [9.17, 15) is 0 Å². The van der Waals surface area contributed by atoms with Crippen molar-refractivity contribution in [2.24, 2.45) is 15.3 Å². The molecule has 0 heterocycles. The minimum absolute atomic E-state index is 0.564. The second-order valence-corrected chi connectivity index (χ2v) is 5.57. The van der Waals surface area contributed by atoms with Crippen LogP contribution in [0.4, 0.5) is 11.4 Å².